The molecule has 2 N–H and O–H groups in total. The number of aliphatic carboxylic acids is 1. The Bertz CT molecular complexity index is 967. The van der Waals surface area contributed by atoms with Crippen LogP contribution >= 0.6 is 11.8 Å². The molecule has 0 fully saturated rings. The minimum absolute atomic E-state index is 0.0642. The summed E-state index contributed by atoms with van der Waals surface area (Å²) in [5.74, 6) is -0.616. The number of thioether (sulfide) groups is 1. The van der Waals surface area contributed by atoms with Crippen LogP contribution in [-0.2, 0) is 14.3 Å². The highest BCUT2D eigenvalue weighted by molar-refractivity contribution is 7.98. The van der Waals surface area contributed by atoms with Gasteiger partial charge in [-0.05, 0) is 47.1 Å². The minimum atomic E-state index is -0.959. The van der Waals surface area contributed by atoms with Gasteiger partial charge in [-0.15, -0.1) is 0 Å². The van der Waals surface area contributed by atoms with Gasteiger partial charge in [0.15, 0.2) is 0 Å². The van der Waals surface area contributed by atoms with Gasteiger partial charge in [-0.25, -0.2) is 4.79 Å². The summed E-state index contributed by atoms with van der Waals surface area (Å²) in [6.45, 7) is 2.65. The van der Waals surface area contributed by atoms with Crippen LogP contribution in [0.25, 0.3) is 11.1 Å². The molecule has 0 bridgehead atoms. The molecule has 0 saturated heterocycles. The van der Waals surface area contributed by atoms with E-state index in [0.717, 1.165) is 22.3 Å². The normalized spacial score (nSPS) is 13.0. The first-order valence-corrected chi connectivity index (χ1v) is 13.0. The number of carbonyl (C=O) groups excluding carboxylic acids is 2. The van der Waals surface area contributed by atoms with Gasteiger partial charge in [-0.1, -0.05) is 55.5 Å². The first-order valence-electron chi connectivity index (χ1n) is 11.6. The van der Waals surface area contributed by atoms with Crippen molar-refractivity contribution in [3.8, 4) is 11.1 Å². The number of hydrogen-bond acceptors (Lipinski definition) is 5. The zero-order chi connectivity index (χ0) is 24.5. The van der Waals surface area contributed by atoms with E-state index in [9.17, 15) is 14.4 Å². The smallest absolute Gasteiger partial charge is 0.407 e. The number of benzene rings is 2. The molecule has 0 saturated carbocycles. The molecular weight excluding hydrogens is 452 g/mol. The zero-order valence-corrected chi connectivity index (χ0v) is 20.5. The highest BCUT2D eigenvalue weighted by Crippen LogP contribution is 2.44. The van der Waals surface area contributed by atoms with Crippen LogP contribution in [0.15, 0.2) is 48.5 Å². The minimum Gasteiger partial charge on any atom is -0.481 e. The van der Waals surface area contributed by atoms with Gasteiger partial charge in [0.2, 0.25) is 5.91 Å². The highest BCUT2D eigenvalue weighted by Gasteiger charge is 2.30. The number of carbonyl (C=O) groups is 3. The number of amides is 2. The van der Waals surface area contributed by atoms with Gasteiger partial charge < -0.3 is 20.1 Å². The van der Waals surface area contributed by atoms with Gasteiger partial charge >= 0.3 is 12.1 Å². The molecule has 2 aromatic rings. The van der Waals surface area contributed by atoms with Crippen molar-refractivity contribution in [2.24, 2.45) is 0 Å². The average Bonchev–Trinajstić information content (AvgIpc) is 3.16. The van der Waals surface area contributed by atoms with Crippen molar-refractivity contribution in [3.05, 3.63) is 59.7 Å². The number of rotatable bonds is 12. The van der Waals surface area contributed by atoms with Crippen LogP contribution in [0.1, 0.15) is 43.2 Å². The van der Waals surface area contributed by atoms with Gasteiger partial charge in [0.05, 0.1) is 6.42 Å². The van der Waals surface area contributed by atoms with Crippen LogP contribution in [0.2, 0.25) is 0 Å². The monoisotopic (exact) mass is 484 g/mol. The maximum absolute atomic E-state index is 13.1. The van der Waals surface area contributed by atoms with Crippen molar-refractivity contribution >= 4 is 29.7 Å². The number of nitrogens with one attached hydrogen (secondary N) is 1. The Kier molecular flexibility index (Phi) is 9.39. The number of carboxylic acid groups (broad SMARTS) is 1. The fourth-order valence-corrected chi connectivity index (χ4v) is 4.80. The largest absolute Gasteiger partial charge is 0.481 e. The lowest BCUT2D eigenvalue weighted by molar-refractivity contribution is -0.139. The third kappa shape index (κ3) is 6.32. The number of nitrogens with zero attached hydrogens (tertiary/aromatic N) is 1. The molecule has 8 heteroatoms. The topological polar surface area (TPSA) is 95.9 Å². The summed E-state index contributed by atoms with van der Waals surface area (Å²) in [7, 11) is 0. The molecule has 7 nitrogen and oxygen atoms in total. The van der Waals surface area contributed by atoms with E-state index in [1.165, 1.54) is 4.90 Å². The van der Waals surface area contributed by atoms with Crippen LogP contribution in [0.3, 0.4) is 0 Å². The first-order chi connectivity index (χ1) is 16.5. The Hall–Kier alpha value is -3.00. The maximum Gasteiger partial charge on any atom is 0.407 e. The molecule has 0 aromatic heterocycles. The standard InChI is InChI=1S/C26H32N2O5S/c1-3-14-28(15-12-24(29)30)25(31)23(13-16-34-2)27-26(32)33-17-22-20-10-6-4-8-18(20)19-9-5-7-11-21(19)22/h4-11,22-23H,3,12-17H2,1-2H3,(H,27,32)(H,29,30)/t23-/m1/s1. The van der Waals surface area contributed by atoms with E-state index in [1.54, 1.807) is 11.8 Å². The maximum atomic E-state index is 13.1. The third-order valence-corrected chi connectivity index (χ3v) is 6.59. The van der Waals surface area contributed by atoms with Crippen LogP contribution in [-0.4, -0.2) is 65.7 Å². The van der Waals surface area contributed by atoms with Gasteiger partial charge in [0.25, 0.3) is 0 Å². The fourth-order valence-electron chi connectivity index (χ4n) is 4.33. The molecule has 0 heterocycles. The predicted octanol–water partition coefficient (Wildman–Crippen LogP) is 4.36. The Labute approximate surface area is 204 Å². The summed E-state index contributed by atoms with van der Waals surface area (Å²) < 4.78 is 5.62. The predicted molar refractivity (Wildman–Crippen MR) is 134 cm³/mol. The number of carboxylic acids is 1. The quantitative estimate of drug-likeness (QED) is 0.465. The average molecular weight is 485 g/mol. The lowest BCUT2D eigenvalue weighted by Gasteiger charge is -2.27. The summed E-state index contributed by atoms with van der Waals surface area (Å²) in [5, 5.41) is 11.8. The molecule has 1 aliphatic rings. The molecule has 1 aliphatic carbocycles. The summed E-state index contributed by atoms with van der Waals surface area (Å²) in [4.78, 5) is 38.4. The van der Waals surface area contributed by atoms with Crippen molar-refractivity contribution in [2.75, 3.05) is 31.7 Å². The Morgan fingerprint density at radius 2 is 1.68 bits per heavy atom. The molecular formula is C26H32N2O5S. The van der Waals surface area contributed by atoms with E-state index in [-0.39, 0.29) is 31.4 Å². The Morgan fingerprint density at radius 3 is 2.24 bits per heavy atom. The SMILES string of the molecule is CCCN(CCC(=O)O)C(=O)[C@@H](CCSC)NC(=O)OCC1c2ccccc2-c2ccccc21. The van der Waals surface area contributed by atoms with Crippen LogP contribution in [0.4, 0.5) is 4.79 Å². The van der Waals surface area contributed by atoms with Crippen LogP contribution < -0.4 is 5.32 Å². The second kappa shape index (κ2) is 12.5. The van der Waals surface area contributed by atoms with Gasteiger partial charge in [-0.3, -0.25) is 9.59 Å². The highest BCUT2D eigenvalue weighted by atomic mass is 32.2. The van der Waals surface area contributed by atoms with E-state index in [0.29, 0.717) is 25.1 Å². The molecule has 2 aromatic carbocycles. The summed E-state index contributed by atoms with van der Waals surface area (Å²) in [5.41, 5.74) is 4.53. The summed E-state index contributed by atoms with van der Waals surface area (Å²) in [6.07, 6.45) is 2.30. The van der Waals surface area contributed by atoms with E-state index < -0.39 is 18.1 Å². The van der Waals surface area contributed by atoms with Gasteiger partial charge in [-0.2, -0.15) is 11.8 Å². The Morgan fingerprint density at radius 1 is 1.06 bits per heavy atom. The Balaban J connectivity index is 1.67. The molecule has 34 heavy (non-hydrogen) atoms. The lowest BCUT2D eigenvalue weighted by Crippen LogP contribution is -2.49. The molecule has 0 unspecified atom stereocenters. The molecule has 0 radical (unpaired) electrons. The van der Waals surface area contributed by atoms with Gasteiger partial charge in [0.1, 0.15) is 12.6 Å². The van der Waals surface area contributed by atoms with E-state index in [2.05, 4.69) is 29.6 Å². The van der Waals surface area contributed by atoms with Crippen molar-refractivity contribution < 1.29 is 24.2 Å². The van der Waals surface area contributed by atoms with Crippen molar-refractivity contribution in [1.82, 2.24) is 10.2 Å². The number of alkyl carbamates (subject to hydrolysis) is 1. The number of hydrogen-bond donors (Lipinski definition) is 2. The second-order valence-corrected chi connectivity index (χ2v) is 9.26. The summed E-state index contributed by atoms with van der Waals surface area (Å²) in [6, 6.07) is 15.5. The molecule has 182 valence electrons. The number of ether oxygens (including phenoxy) is 1. The van der Waals surface area contributed by atoms with E-state index >= 15 is 0 Å². The van der Waals surface area contributed by atoms with E-state index in [1.807, 2.05) is 37.4 Å². The first kappa shape index (κ1) is 25.6. The van der Waals surface area contributed by atoms with Crippen LogP contribution in [0, 0.1) is 0 Å². The molecule has 0 spiro atoms. The molecule has 1 atom stereocenters. The summed E-state index contributed by atoms with van der Waals surface area (Å²) >= 11 is 1.58. The third-order valence-electron chi connectivity index (χ3n) is 5.95. The zero-order valence-electron chi connectivity index (χ0n) is 19.7. The van der Waals surface area contributed by atoms with Gasteiger partial charge in [0, 0.05) is 19.0 Å². The molecule has 2 amide bonds. The van der Waals surface area contributed by atoms with Crippen molar-refractivity contribution in [3.63, 3.8) is 0 Å². The second-order valence-electron chi connectivity index (χ2n) is 8.27. The molecule has 3 rings (SSSR count). The fraction of sp³-hybridized carbons (Fsp3) is 0.423. The van der Waals surface area contributed by atoms with Crippen LogP contribution in [0.5, 0.6) is 0 Å². The number of fused-ring (bicyclic) bond motifs is 3. The molecule has 0 aliphatic heterocycles. The lowest BCUT2D eigenvalue weighted by atomic mass is 9.98. The van der Waals surface area contributed by atoms with Crippen molar-refractivity contribution in [1.29, 1.82) is 0 Å². The van der Waals surface area contributed by atoms with Crippen molar-refractivity contribution in [2.45, 2.75) is 38.1 Å². The van der Waals surface area contributed by atoms with E-state index in [4.69, 9.17) is 9.84 Å².